The lowest BCUT2D eigenvalue weighted by molar-refractivity contribution is -0.887. The number of carbonyl (C=O) groups is 3. The average molecular weight is 773 g/mol. The summed E-state index contributed by atoms with van der Waals surface area (Å²) in [6, 6.07) is -0.623. The van der Waals surface area contributed by atoms with Gasteiger partial charge in [-0.05, 0) is 77.0 Å². The van der Waals surface area contributed by atoms with Gasteiger partial charge in [-0.1, -0.05) is 132 Å². The molecular formula is C47H82NO7+. The summed E-state index contributed by atoms with van der Waals surface area (Å²) in [4.78, 5) is 36.9. The molecule has 0 aliphatic carbocycles. The fraction of sp³-hybridized carbons (Fsp3) is 0.723. The summed E-state index contributed by atoms with van der Waals surface area (Å²) < 4.78 is 17.2. The van der Waals surface area contributed by atoms with Gasteiger partial charge in [-0.15, -0.1) is 0 Å². The highest BCUT2D eigenvalue weighted by atomic mass is 16.6. The fourth-order valence-electron chi connectivity index (χ4n) is 6.02. The number of nitrogens with zero attached hydrogens (tertiary/aromatic N) is 1. The normalized spacial score (nSPS) is 13.5. The van der Waals surface area contributed by atoms with Gasteiger partial charge in [-0.3, -0.25) is 9.59 Å². The van der Waals surface area contributed by atoms with E-state index in [4.69, 9.17) is 14.2 Å². The Kier molecular flexibility index (Phi) is 35.9. The lowest BCUT2D eigenvalue weighted by Gasteiger charge is -2.31. The van der Waals surface area contributed by atoms with E-state index in [-0.39, 0.29) is 36.2 Å². The van der Waals surface area contributed by atoms with Gasteiger partial charge >= 0.3 is 17.9 Å². The molecule has 2 unspecified atom stereocenters. The second-order valence-electron chi connectivity index (χ2n) is 15.6. The molecule has 0 saturated carbocycles. The van der Waals surface area contributed by atoms with E-state index in [0.717, 1.165) is 77.0 Å². The second-order valence-corrected chi connectivity index (χ2v) is 15.6. The summed E-state index contributed by atoms with van der Waals surface area (Å²) in [7, 11) is 5.50. The van der Waals surface area contributed by atoms with Crippen molar-refractivity contribution in [2.45, 2.75) is 180 Å². The van der Waals surface area contributed by atoms with Crippen molar-refractivity contribution < 1.29 is 38.2 Å². The van der Waals surface area contributed by atoms with E-state index in [0.29, 0.717) is 19.3 Å². The first-order chi connectivity index (χ1) is 26.6. The number of aliphatic carboxylic acids is 1. The highest BCUT2D eigenvalue weighted by Gasteiger charge is 2.31. The van der Waals surface area contributed by atoms with Crippen molar-refractivity contribution in [2.75, 3.05) is 41.0 Å². The van der Waals surface area contributed by atoms with Gasteiger partial charge < -0.3 is 23.8 Å². The van der Waals surface area contributed by atoms with Crippen LogP contribution >= 0.6 is 0 Å². The summed E-state index contributed by atoms with van der Waals surface area (Å²) in [5.74, 6) is -1.52. The maximum Gasteiger partial charge on any atom is 0.362 e. The Morgan fingerprint density at radius 1 is 0.564 bits per heavy atom. The molecule has 0 aromatic carbocycles. The van der Waals surface area contributed by atoms with Crippen LogP contribution in [0, 0.1) is 0 Å². The Labute approximate surface area is 337 Å². The number of hydrogen-bond donors (Lipinski definition) is 1. The van der Waals surface area contributed by atoms with Crippen LogP contribution in [0.2, 0.25) is 0 Å². The summed E-state index contributed by atoms with van der Waals surface area (Å²) >= 11 is 0. The molecule has 8 heteroatoms. The van der Waals surface area contributed by atoms with Crippen molar-refractivity contribution in [2.24, 2.45) is 0 Å². The lowest BCUT2D eigenvalue weighted by Crippen LogP contribution is -2.50. The van der Waals surface area contributed by atoms with E-state index in [2.05, 4.69) is 74.6 Å². The largest absolute Gasteiger partial charge is 0.477 e. The molecule has 8 nitrogen and oxygen atoms in total. The van der Waals surface area contributed by atoms with E-state index in [1.807, 2.05) is 21.1 Å². The van der Waals surface area contributed by atoms with Crippen molar-refractivity contribution in [1.29, 1.82) is 0 Å². The quantitative estimate of drug-likeness (QED) is 0.0289. The molecule has 0 spiro atoms. The maximum absolute atomic E-state index is 12.7. The summed E-state index contributed by atoms with van der Waals surface area (Å²) in [6.07, 6.45) is 45.5. The van der Waals surface area contributed by atoms with Crippen LogP contribution < -0.4 is 0 Å². The predicted octanol–water partition coefficient (Wildman–Crippen LogP) is 11.8. The smallest absolute Gasteiger partial charge is 0.362 e. The zero-order valence-electron chi connectivity index (χ0n) is 35.9. The van der Waals surface area contributed by atoms with Gasteiger partial charge in [0, 0.05) is 19.3 Å². The Morgan fingerprint density at radius 2 is 1.02 bits per heavy atom. The van der Waals surface area contributed by atoms with Crippen molar-refractivity contribution >= 4 is 17.9 Å². The van der Waals surface area contributed by atoms with E-state index in [9.17, 15) is 19.5 Å². The summed E-state index contributed by atoms with van der Waals surface area (Å²) in [5, 5.41) is 9.61. The molecule has 0 heterocycles. The van der Waals surface area contributed by atoms with Gasteiger partial charge in [0.05, 0.1) is 34.4 Å². The Balaban J connectivity index is 4.38. The molecule has 0 aliphatic rings. The molecule has 0 aromatic rings. The van der Waals surface area contributed by atoms with Crippen LogP contribution in [0.5, 0.6) is 0 Å². The zero-order chi connectivity index (χ0) is 40.7. The minimum Gasteiger partial charge on any atom is -0.477 e. The second kappa shape index (κ2) is 37.9. The van der Waals surface area contributed by atoms with Crippen molar-refractivity contribution in [3.63, 3.8) is 0 Å². The number of hydrogen-bond acceptors (Lipinski definition) is 6. The minimum absolute atomic E-state index is 0.0443. The zero-order valence-corrected chi connectivity index (χ0v) is 35.9. The molecule has 2 atom stereocenters. The number of rotatable bonds is 38. The molecule has 0 saturated heterocycles. The highest BCUT2D eigenvalue weighted by Crippen LogP contribution is 2.13. The standard InChI is InChI=1S/C47H81NO7/c1-6-8-10-12-14-16-18-20-21-22-23-24-26-27-29-31-33-35-37-45(49)54-42-43(41-53-40-39-44(47(51)52)48(3,4)5)55-46(50)38-36-34-32-30-28-25-19-17-15-13-11-9-7-2/h9,11,15-18,21-22,25,28,43-44H,6-8,10,12-14,19-20,23-24,26-27,29-42H2,1-5H3/p+1/b11-9-,17-15-,18-16-,22-21-,28-25-. The molecular weight excluding hydrogens is 691 g/mol. The number of carboxylic acid groups (broad SMARTS) is 1. The lowest BCUT2D eigenvalue weighted by atomic mass is 10.1. The first kappa shape index (κ1) is 52.0. The van der Waals surface area contributed by atoms with E-state index >= 15 is 0 Å². The van der Waals surface area contributed by atoms with E-state index in [1.54, 1.807) is 0 Å². The van der Waals surface area contributed by atoms with Crippen molar-refractivity contribution in [1.82, 2.24) is 0 Å². The molecule has 0 amide bonds. The van der Waals surface area contributed by atoms with Gasteiger partial charge in [-0.2, -0.15) is 0 Å². The highest BCUT2D eigenvalue weighted by molar-refractivity contribution is 5.72. The Hall–Kier alpha value is -2.97. The molecule has 0 bridgehead atoms. The number of allylic oxidation sites excluding steroid dienone is 10. The first-order valence-electron chi connectivity index (χ1n) is 21.8. The van der Waals surface area contributed by atoms with Crippen molar-refractivity contribution in [3.05, 3.63) is 60.8 Å². The van der Waals surface area contributed by atoms with Crippen LogP contribution in [-0.4, -0.2) is 80.6 Å². The van der Waals surface area contributed by atoms with Crippen LogP contribution in [0.15, 0.2) is 60.8 Å². The Morgan fingerprint density at radius 3 is 1.53 bits per heavy atom. The average Bonchev–Trinajstić information content (AvgIpc) is 3.14. The van der Waals surface area contributed by atoms with Gasteiger partial charge in [-0.25, -0.2) is 4.79 Å². The Bertz CT molecular complexity index is 1090. The number of carboxylic acids is 1. The number of esters is 2. The van der Waals surface area contributed by atoms with Gasteiger partial charge in [0.15, 0.2) is 12.1 Å². The number of unbranched alkanes of at least 4 members (excludes halogenated alkanes) is 14. The third-order valence-corrected chi connectivity index (χ3v) is 9.40. The van der Waals surface area contributed by atoms with Crippen LogP contribution in [0.3, 0.4) is 0 Å². The molecule has 0 rings (SSSR count). The van der Waals surface area contributed by atoms with E-state index < -0.39 is 18.1 Å². The molecule has 0 aromatic heterocycles. The molecule has 0 aliphatic heterocycles. The number of quaternary nitrogens is 1. The third-order valence-electron chi connectivity index (χ3n) is 9.40. The maximum atomic E-state index is 12.7. The molecule has 316 valence electrons. The molecule has 55 heavy (non-hydrogen) atoms. The van der Waals surface area contributed by atoms with Gasteiger partial charge in [0.1, 0.15) is 6.61 Å². The molecule has 0 radical (unpaired) electrons. The SMILES string of the molecule is CC/C=C\C/C=C\C/C=C\CCCCCC(=O)OC(COCCC(C(=O)O)[N+](C)(C)C)COC(=O)CCCCCCCCC/C=C\C/C=C\CCCCCC. The predicted molar refractivity (Wildman–Crippen MR) is 229 cm³/mol. The summed E-state index contributed by atoms with van der Waals surface area (Å²) in [6.45, 7) is 4.55. The number of carbonyl (C=O) groups excluding carboxylic acids is 2. The summed E-state index contributed by atoms with van der Waals surface area (Å²) in [5.41, 5.74) is 0. The fourth-order valence-corrected chi connectivity index (χ4v) is 6.02. The van der Waals surface area contributed by atoms with Crippen molar-refractivity contribution in [3.8, 4) is 0 Å². The number of likely N-dealkylation sites (N-methyl/N-ethyl adjacent to an activating group) is 1. The van der Waals surface area contributed by atoms with Gasteiger partial charge in [0.25, 0.3) is 0 Å². The third kappa shape index (κ3) is 36.4. The van der Waals surface area contributed by atoms with E-state index in [1.165, 1.54) is 57.8 Å². The van der Waals surface area contributed by atoms with Crippen LogP contribution in [-0.2, 0) is 28.6 Å². The van der Waals surface area contributed by atoms with Gasteiger partial charge in [0.2, 0.25) is 0 Å². The van der Waals surface area contributed by atoms with Crippen LogP contribution in [0.25, 0.3) is 0 Å². The first-order valence-corrected chi connectivity index (χ1v) is 21.8. The monoisotopic (exact) mass is 773 g/mol. The molecule has 0 fully saturated rings. The van der Waals surface area contributed by atoms with Crippen LogP contribution in [0.4, 0.5) is 0 Å². The van der Waals surface area contributed by atoms with Crippen LogP contribution in [0.1, 0.15) is 168 Å². The topological polar surface area (TPSA) is 99.1 Å². The minimum atomic E-state index is -0.883. The number of ether oxygens (including phenoxy) is 3. The molecule has 1 N–H and O–H groups in total.